The molecule has 2 aliphatic rings. The van der Waals surface area contributed by atoms with Crippen molar-refractivity contribution in [1.82, 2.24) is 4.31 Å². The molecule has 1 saturated carbocycles. The van der Waals surface area contributed by atoms with E-state index in [0.717, 1.165) is 31.2 Å². The van der Waals surface area contributed by atoms with Crippen molar-refractivity contribution in [2.45, 2.75) is 50.0 Å². The van der Waals surface area contributed by atoms with Crippen molar-refractivity contribution in [3.8, 4) is 0 Å². The zero-order valence-electron chi connectivity index (χ0n) is 12.5. The Morgan fingerprint density at radius 3 is 2.38 bits per heavy atom. The molecule has 21 heavy (non-hydrogen) atoms. The molecule has 0 radical (unpaired) electrons. The number of benzene rings is 1. The highest BCUT2D eigenvalue weighted by molar-refractivity contribution is 7.89. The lowest BCUT2D eigenvalue weighted by Crippen LogP contribution is -2.36. The molecule has 1 saturated heterocycles. The number of rotatable bonds is 2. The van der Waals surface area contributed by atoms with E-state index in [1.54, 1.807) is 12.1 Å². The molecule has 4 nitrogen and oxygen atoms in total. The largest absolute Gasteiger partial charge is 0.391 e. The fraction of sp³-hybridized carbons (Fsp3) is 0.625. The van der Waals surface area contributed by atoms with E-state index in [2.05, 4.69) is 0 Å². The third kappa shape index (κ3) is 2.62. The van der Waals surface area contributed by atoms with E-state index >= 15 is 0 Å². The van der Waals surface area contributed by atoms with Gasteiger partial charge in [-0.05, 0) is 31.9 Å². The summed E-state index contributed by atoms with van der Waals surface area (Å²) < 4.78 is 26.9. The minimum atomic E-state index is -3.49. The standard InChI is InChI=1S/C16H23NO3S/c1-13-5-7-14(8-6-13)21(19,20)17-11-15(18)16(12-17)9-3-2-4-10-16/h5-8,15,18H,2-4,9-12H2,1H3. The fourth-order valence-electron chi connectivity index (χ4n) is 3.70. The number of β-amino-alcohol motifs (C(OH)–C–C–N with tert-alkyl or cyclic N) is 1. The highest BCUT2D eigenvalue weighted by atomic mass is 32.2. The topological polar surface area (TPSA) is 57.6 Å². The summed E-state index contributed by atoms with van der Waals surface area (Å²) >= 11 is 0. The maximum absolute atomic E-state index is 12.7. The number of hydrogen-bond acceptors (Lipinski definition) is 3. The molecule has 3 rings (SSSR count). The van der Waals surface area contributed by atoms with Crippen molar-refractivity contribution >= 4 is 10.0 Å². The molecule has 0 amide bonds. The summed E-state index contributed by atoms with van der Waals surface area (Å²) in [5.74, 6) is 0. The molecule has 1 atom stereocenters. The van der Waals surface area contributed by atoms with E-state index in [0.29, 0.717) is 11.4 Å². The second kappa shape index (κ2) is 5.38. The molecule has 116 valence electrons. The summed E-state index contributed by atoms with van der Waals surface area (Å²) in [6, 6.07) is 6.94. The molecule has 1 spiro atoms. The van der Waals surface area contributed by atoms with Gasteiger partial charge in [0.1, 0.15) is 0 Å². The Labute approximate surface area is 126 Å². The first-order valence-corrected chi connectivity index (χ1v) is 9.13. The normalized spacial score (nSPS) is 26.3. The van der Waals surface area contributed by atoms with Gasteiger partial charge in [-0.3, -0.25) is 0 Å². The number of nitrogens with zero attached hydrogens (tertiary/aromatic N) is 1. The Kier molecular flexibility index (Phi) is 3.84. The van der Waals surface area contributed by atoms with Crippen LogP contribution in [0.25, 0.3) is 0 Å². The summed E-state index contributed by atoms with van der Waals surface area (Å²) in [6.07, 6.45) is 4.73. The summed E-state index contributed by atoms with van der Waals surface area (Å²) in [5, 5.41) is 10.4. The molecule has 1 aliphatic heterocycles. The Bertz CT molecular complexity index is 603. The van der Waals surface area contributed by atoms with E-state index in [1.165, 1.54) is 10.7 Å². The van der Waals surface area contributed by atoms with Crippen LogP contribution in [0.15, 0.2) is 29.2 Å². The Morgan fingerprint density at radius 1 is 1.14 bits per heavy atom. The predicted octanol–water partition coefficient (Wildman–Crippen LogP) is 2.31. The minimum absolute atomic E-state index is 0.212. The highest BCUT2D eigenvalue weighted by Crippen LogP contribution is 2.45. The molecule has 1 aromatic carbocycles. The molecule has 1 heterocycles. The van der Waals surface area contributed by atoms with Crippen molar-refractivity contribution in [2.24, 2.45) is 5.41 Å². The van der Waals surface area contributed by atoms with E-state index in [9.17, 15) is 13.5 Å². The van der Waals surface area contributed by atoms with Gasteiger partial charge < -0.3 is 5.11 Å². The van der Waals surface area contributed by atoms with E-state index < -0.39 is 16.1 Å². The average molecular weight is 309 g/mol. The molecule has 0 bridgehead atoms. The van der Waals surface area contributed by atoms with Gasteiger partial charge in [-0.1, -0.05) is 37.0 Å². The third-order valence-electron chi connectivity index (χ3n) is 5.08. The van der Waals surface area contributed by atoms with Crippen LogP contribution in [0.1, 0.15) is 37.7 Å². The van der Waals surface area contributed by atoms with E-state index in [4.69, 9.17) is 0 Å². The second-order valence-electron chi connectivity index (χ2n) is 6.55. The first-order chi connectivity index (χ1) is 9.94. The molecule has 1 N–H and O–H groups in total. The van der Waals surface area contributed by atoms with Gasteiger partial charge in [-0.15, -0.1) is 0 Å². The van der Waals surface area contributed by atoms with Gasteiger partial charge >= 0.3 is 0 Å². The lowest BCUT2D eigenvalue weighted by Gasteiger charge is -2.35. The van der Waals surface area contributed by atoms with Crippen molar-refractivity contribution in [1.29, 1.82) is 0 Å². The predicted molar refractivity (Wildman–Crippen MR) is 81.5 cm³/mol. The molecule has 1 unspecified atom stereocenters. The Morgan fingerprint density at radius 2 is 1.76 bits per heavy atom. The number of hydrogen-bond donors (Lipinski definition) is 1. The number of aliphatic hydroxyl groups is 1. The highest BCUT2D eigenvalue weighted by Gasteiger charge is 2.49. The SMILES string of the molecule is Cc1ccc(S(=O)(=O)N2CC(O)C3(CCCCC3)C2)cc1. The van der Waals surface area contributed by atoms with Gasteiger partial charge in [0.15, 0.2) is 0 Å². The number of aliphatic hydroxyl groups excluding tert-OH is 1. The van der Waals surface area contributed by atoms with Gasteiger partial charge in [-0.2, -0.15) is 4.31 Å². The van der Waals surface area contributed by atoms with Crippen LogP contribution in [0.4, 0.5) is 0 Å². The van der Waals surface area contributed by atoms with E-state index in [-0.39, 0.29) is 12.0 Å². The molecule has 1 aromatic rings. The smallest absolute Gasteiger partial charge is 0.243 e. The minimum Gasteiger partial charge on any atom is -0.391 e. The number of sulfonamides is 1. The van der Waals surface area contributed by atoms with Gasteiger partial charge in [0, 0.05) is 18.5 Å². The summed E-state index contributed by atoms with van der Waals surface area (Å²) in [5.41, 5.74) is 0.829. The summed E-state index contributed by atoms with van der Waals surface area (Å²) in [4.78, 5) is 0.327. The first-order valence-electron chi connectivity index (χ1n) is 7.69. The maximum Gasteiger partial charge on any atom is 0.243 e. The van der Waals surface area contributed by atoms with Crippen LogP contribution < -0.4 is 0 Å². The molecular weight excluding hydrogens is 286 g/mol. The van der Waals surface area contributed by atoms with Gasteiger partial charge in [0.2, 0.25) is 10.0 Å². The van der Waals surface area contributed by atoms with E-state index in [1.807, 2.05) is 19.1 Å². The fourth-order valence-corrected chi connectivity index (χ4v) is 5.24. The van der Waals surface area contributed by atoms with Gasteiger partial charge in [0.25, 0.3) is 0 Å². The monoisotopic (exact) mass is 309 g/mol. The first kappa shape index (κ1) is 15.0. The molecule has 1 aliphatic carbocycles. The lowest BCUT2D eigenvalue weighted by atomic mass is 9.72. The van der Waals surface area contributed by atoms with Crippen LogP contribution in [-0.2, 0) is 10.0 Å². The van der Waals surface area contributed by atoms with Crippen molar-refractivity contribution in [3.63, 3.8) is 0 Å². The molecule has 5 heteroatoms. The van der Waals surface area contributed by atoms with Crippen molar-refractivity contribution in [2.75, 3.05) is 13.1 Å². The molecular formula is C16H23NO3S. The average Bonchev–Trinajstić information content (AvgIpc) is 2.78. The van der Waals surface area contributed by atoms with Crippen LogP contribution in [0, 0.1) is 12.3 Å². The van der Waals surface area contributed by atoms with Crippen LogP contribution in [0.2, 0.25) is 0 Å². The lowest BCUT2D eigenvalue weighted by molar-refractivity contribution is 0.0392. The van der Waals surface area contributed by atoms with Crippen molar-refractivity contribution < 1.29 is 13.5 Å². The molecule has 2 fully saturated rings. The zero-order valence-corrected chi connectivity index (χ0v) is 13.3. The number of aryl methyl sites for hydroxylation is 1. The maximum atomic E-state index is 12.7. The quantitative estimate of drug-likeness (QED) is 0.912. The summed E-state index contributed by atoms with van der Waals surface area (Å²) in [6.45, 7) is 2.63. The van der Waals surface area contributed by atoms with Crippen molar-refractivity contribution in [3.05, 3.63) is 29.8 Å². The molecule has 0 aromatic heterocycles. The van der Waals surface area contributed by atoms with Crippen LogP contribution in [-0.4, -0.2) is 37.0 Å². The van der Waals surface area contributed by atoms with Crippen LogP contribution in [0.3, 0.4) is 0 Å². The van der Waals surface area contributed by atoms with Crippen LogP contribution >= 0.6 is 0 Å². The van der Waals surface area contributed by atoms with Gasteiger partial charge in [0.05, 0.1) is 11.0 Å². The third-order valence-corrected chi connectivity index (χ3v) is 6.91. The van der Waals surface area contributed by atoms with Gasteiger partial charge in [-0.25, -0.2) is 8.42 Å². The Hall–Kier alpha value is -0.910. The van der Waals surface area contributed by atoms with Crippen LogP contribution in [0.5, 0.6) is 0 Å². The second-order valence-corrected chi connectivity index (χ2v) is 8.49. The Balaban J connectivity index is 1.86. The zero-order chi connectivity index (χ0) is 15.1. The summed E-state index contributed by atoms with van der Waals surface area (Å²) in [7, 11) is -3.49.